The smallest absolute Gasteiger partial charge is 0.373 e. The summed E-state index contributed by atoms with van der Waals surface area (Å²) >= 11 is 1.10. The highest BCUT2D eigenvalue weighted by atomic mass is 32.2. The Morgan fingerprint density at radius 2 is 1.89 bits per heavy atom. The molecule has 1 heterocycles. The van der Waals surface area contributed by atoms with Crippen LogP contribution in [0.5, 0.6) is 0 Å². The summed E-state index contributed by atoms with van der Waals surface area (Å²) in [6.07, 6.45) is 0. The van der Waals surface area contributed by atoms with E-state index in [1.165, 1.54) is 43.5 Å². The van der Waals surface area contributed by atoms with Crippen molar-refractivity contribution in [3.63, 3.8) is 0 Å². The van der Waals surface area contributed by atoms with Crippen LogP contribution in [0.4, 0.5) is 10.1 Å². The Morgan fingerprint density at radius 3 is 2.56 bits per heavy atom. The molecule has 1 atom stereocenters. The van der Waals surface area contributed by atoms with Crippen LogP contribution in [0.15, 0.2) is 40.8 Å². The zero-order valence-corrected chi connectivity index (χ0v) is 15.5. The van der Waals surface area contributed by atoms with Gasteiger partial charge in [-0.2, -0.15) is 0 Å². The Bertz CT molecular complexity index is 804. The lowest BCUT2D eigenvalue weighted by Crippen LogP contribution is -2.21. The maximum atomic E-state index is 12.8. The molecular formula is C18H18FNO6S. The van der Waals surface area contributed by atoms with Crippen LogP contribution in [0.25, 0.3) is 0 Å². The number of carbonyl (C=O) groups is 3. The molecular weight excluding hydrogens is 377 g/mol. The Hall–Kier alpha value is -2.81. The van der Waals surface area contributed by atoms with Gasteiger partial charge in [-0.1, -0.05) is 0 Å². The highest BCUT2D eigenvalue weighted by Gasteiger charge is 2.18. The molecule has 1 aromatic heterocycles. The first-order valence-electron chi connectivity index (χ1n) is 7.89. The van der Waals surface area contributed by atoms with E-state index in [2.05, 4.69) is 10.1 Å². The summed E-state index contributed by atoms with van der Waals surface area (Å²) in [6, 6.07) is 8.30. The van der Waals surface area contributed by atoms with E-state index in [-0.39, 0.29) is 24.0 Å². The summed E-state index contributed by atoms with van der Waals surface area (Å²) in [5.41, 5.74) is 0.469. The molecule has 27 heavy (non-hydrogen) atoms. The van der Waals surface area contributed by atoms with Crippen molar-refractivity contribution in [2.24, 2.45) is 0 Å². The maximum absolute atomic E-state index is 12.8. The van der Waals surface area contributed by atoms with E-state index in [4.69, 9.17) is 9.15 Å². The maximum Gasteiger partial charge on any atom is 0.373 e. The fourth-order valence-corrected chi connectivity index (χ4v) is 2.60. The number of ether oxygens (including phenoxy) is 2. The van der Waals surface area contributed by atoms with Crippen molar-refractivity contribution in [1.82, 2.24) is 0 Å². The monoisotopic (exact) mass is 395 g/mol. The predicted molar refractivity (Wildman–Crippen MR) is 96.8 cm³/mol. The van der Waals surface area contributed by atoms with Gasteiger partial charge in [-0.15, -0.1) is 11.8 Å². The lowest BCUT2D eigenvalue weighted by molar-refractivity contribution is -0.144. The second-order valence-corrected chi connectivity index (χ2v) is 6.70. The van der Waals surface area contributed by atoms with Crippen molar-refractivity contribution in [2.45, 2.75) is 18.8 Å². The zero-order chi connectivity index (χ0) is 19.8. The number of thioether (sulfide) groups is 1. The van der Waals surface area contributed by atoms with E-state index in [1.807, 2.05) is 0 Å². The standard InChI is InChI=1S/C18H18FNO6S/c1-11(27-10-16(21)20-13-5-3-12(19)4-6-13)17(22)25-9-14-7-8-15(26-14)18(23)24-2/h3-8,11H,9-10H2,1-2H3,(H,20,21). The summed E-state index contributed by atoms with van der Waals surface area (Å²) in [7, 11) is 1.23. The van der Waals surface area contributed by atoms with E-state index in [9.17, 15) is 18.8 Å². The molecule has 0 saturated heterocycles. The van der Waals surface area contributed by atoms with Crippen molar-refractivity contribution >= 4 is 35.3 Å². The van der Waals surface area contributed by atoms with Gasteiger partial charge in [0.05, 0.1) is 12.9 Å². The van der Waals surface area contributed by atoms with Crippen LogP contribution in [0, 0.1) is 5.82 Å². The molecule has 0 saturated carbocycles. The third kappa shape index (κ3) is 6.45. The number of esters is 2. The lowest BCUT2D eigenvalue weighted by atomic mass is 10.3. The Kier molecular flexibility index (Phi) is 7.42. The highest BCUT2D eigenvalue weighted by Crippen LogP contribution is 2.16. The largest absolute Gasteiger partial charge is 0.463 e. The summed E-state index contributed by atoms with van der Waals surface area (Å²) in [5.74, 6) is -1.51. The predicted octanol–water partition coefficient (Wildman–Crippen LogP) is 3.01. The Balaban J connectivity index is 1.73. The SMILES string of the molecule is COC(=O)c1ccc(COC(=O)C(C)SCC(=O)Nc2ccc(F)cc2)o1. The molecule has 1 amide bonds. The molecule has 0 aliphatic carbocycles. The zero-order valence-electron chi connectivity index (χ0n) is 14.7. The molecule has 0 fully saturated rings. The minimum absolute atomic E-state index is 0.0171. The fraction of sp³-hybridized carbons (Fsp3) is 0.278. The molecule has 0 spiro atoms. The van der Waals surface area contributed by atoms with Crippen LogP contribution in [-0.2, 0) is 25.7 Å². The van der Waals surface area contributed by atoms with E-state index in [1.54, 1.807) is 6.92 Å². The molecule has 1 aromatic carbocycles. The third-order valence-corrected chi connectivity index (χ3v) is 4.45. The van der Waals surface area contributed by atoms with Gasteiger partial charge in [-0.25, -0.2) is 9.18 Å². The molecule has 144 valence electrons. The molecule has 2 aromatic rings. The van der Waals surface area contributed by atoms with Crippen molar-refractivity contribution < 1.29 is 32.7 Å². The number of hydrogen-bond donors (Lipinski definition) is 1. The first kappa shape index (κ1) is 20.5. The molecule has 0 aliphatic rings. The molecule has 7 nitrogen and oxygen atoms in total. The van der Waals surface area contributed by atoms with Gasteiger partial charge in [0.2, 0.25) is 11.7 Å². The van der Waals surface area contributed by atoms with Crippen LogP contribution in [-0.4, -0.2) is 36.0 Å². The average molecular weight is 395 g/mol. The van der Waals surface area contributed by atoms with Gasteiger partial charge in [0.25, 0.3) is 0 Å². The van der Waals surface area contributed by atoms with Gasteiger partial charge in [0.1, 0.15) is 23.4 Å². The summed E-state index contributed by atoms with van der Waals surface area (Å²) in [6.45, 7) is 1.47. The van der Waals surface area contributed by atoms with Crippen molar-refractivity contribution in [3.05, 3.63) is 53.7 Å². The van der Waals surface area contributed by atoms with Crippen LogP contribution in [0.1, 0.15) is 23.2 Å². The number of amides is 1. The number of benzene rings is 1. The first-order chi connectivity index (χ1) is 12.9. The molecule has 9 heteroatoms. The van der Waals surface area contributed by atoms with Gasteiger partial charge in [-0.3, -0.25) is 9.59 Å². The molecule has 0 radical (unpaired) electrons. The number of nitrogens with one attached hydrogen (secondary N) is 1. The normalized spacial score (nSPS) is 11.5. The van der Waals surface area contributed by atoms with E-state index < -0.39 is 23.0 Å². The number of furan rings is 1. The van der Waals surface area contributed by atoms with Crippen LogP contribution in [0.3, 0.4) is 0 Å². The van der Waals surface area contributed by atoms with E-state index in [0.29, 0.717) is 11.4 Å². The molecule has 1 N–H and O–H groups in total. The number of methoxy groups -OCH3 is 1. The van der Waals surface area contributed by atoms with Crippen molar-refractivity contribution in [1.29, 1.82) is 0 Å². The quantitative estimate of drug-likeness (QED) is 0.687. The average Bonchev–Trinajstić information content (AvgIpc) is 3.14. The van der Waals surface area contributed by atoms with Crippen molar-refractivity contribution in [2.75, 3.05) is 18.2 Å². The number of hydrogen-bond acceptors (Lipinski definition) is 7. The van der Waals surface area contributed by atoms with Gasteiger partial charge >= 0.3 is 11.9 Å². The lowest BCUT2D eigenvalue weighted by Gasteiger charge is -2.11. The summed E-state index contributed by atoms with van der Waals surface area (Å²) in [5, 5.41) is 2.02. The van der Waals surface area contributed by atoms with Crippen LogP contribution in [0.2, 0.25) is 0 Å². The van der Waals surface area contributed by atoms with E-state index in [0.717, 1.165) is 11.8 Å². The molecule has 2 rings (SSSR count). The van der Waals surface area contributed by atoms with Gasteiger partial charge < -0.3 is 19.2 Å². The molecule has 0 aliphatic heterocycles. The number of carbonyl (C=O) groups excluding carboxylic acids is 3. The highest BCUT2D eigenvalue weighted by molar-refractivity contribution is 8.01. The van der Waals surface area contributed by atoms with E-state index >= 15 is 0 Å². The second-order valence-electron chi connectivity index (χ2n) is 5.37. The minimum Gasteiger partial charge on any atom is -0.463 e. The number of halogens is 1. The number of rotatable bonds is 8. The van der Waals surface area contributed by atoms with Crippen LogP contribution >= 0.6 is 11.8 Å². The topological polar surface area (TPSA) is 94.8 Å². The Morgan fingerprint density at radius 1 is 1.19 bits per heavy atom. The van der Waals surface area contributed by atoms with Crippen LogP contribution < -0.4 is 5.32 Å². The minimum atomic E-state index is -0.622. The summed E-state index contributed by atoms with van der Waals surface area (Å²) < 4.78 is 27.6. The molecule has 1 unspecified atom stereocenters. The van der Waals surface area contributed by atoms with Crippen molar-refractivity contribution in [3.8, 4) is 0 Å². The molecule has 0 bridgehead atoms. The van der Waals surface area contributed by atoms with Gasteiger partial charge in [-0.05, 0) is 43.3 Å². The number of anilines is 1. The first-order valence-corrected chi connectivity index (χ1v) is 8.94. The van der Waals surface area contributed by atoms with Gasteiger partial charge in [0.15, 0.2) is 0 Å². The summed E-state index contributed by atoms with van der Waals surface area (Å²) in [4.78, 5) is 35.1. The Labute approximate surface area is 159 Å². The fourth-order valence-electron chi connectivity index (χ4n) is 1.92. The second kappa shape index (κ2) is 9.77. The van der Waals surface area contributed by atoms with Gasteiger partial charge in [0, 0.05) is 5.69 Å². The third-order valence-electron chi connectivity index (χ3n) is 3.33.